The van der Waals surface area contributed by atoms with Crippen LogP contribution >= 0.6 is 0 Å². The number of amides is 2. The van der Waals surface area contributed by atoms with E-state index in [9.17, 15) is 19.2 Å². The van der Waals surface area contributed by atoms with Gasteiger partial charge in [-0.05, 0) is 123 Å². The lowest BCUT2D eigenvalue weighted by molar-refractivity contribution is -0.212. The molecule has 5 aliphatic rings. The second kappa shape index (κ2) is 16.2. The number of fused-ring (bicyclic) bond motifs is 7. The van der Waals surface area contributed by atoms with Crippen LogP contribution in [-0.4, -0.2) is 47.6 Å². The Balaban J connectivity index is 1.17. The first-order valence-electron chi connectivity index (χ1n) is 21.9. The van der Waals surface area contributed by atoms with Gasteiger partial charge in [-0.2, -0.15) is 0 Å². The van der Waals surface area contributed by atoms with E-state index in [2.05, 4.69) is 65.2 Å². The van der Waals surface area contributed by atoms with E-state index >= 15 is 0 Å². The molecule has 0 unspecified atom stereocenters. The van der Waals surface area contributed by atoms with E-state index in [0.717, 1.165) is 109 Å². The van der Waals surface area contributed by atoms with Crippen molar-refractivity contribution >= 4 is 23.8 Å². The zero-order chi connectivity index (χ0) is 39.7. The van der Waals surface area contributed by atoms with Crippen molar-refractivity contribution in [3.8, 4) is 0 Å². The summed E-state index contributed by atoms with van der Waals surface area (Å²) in [5.74, 6) is 0.348. The summed E-state index contributed by atoms with van der Waals surface area (Å²) in [6.45, 7) is 21.1. The average Bonchev–Trinajstić information content (AvgIpc) is 3.08. The van der Waals surface area contributed by atoms with Crippen molar-refractivity contribution in [2.24, 2.45) is 50.2 Å². The summed E-state index contributed by atoms with van der Waals surface area (Å²) < 4.78 is 5.96. The van der Waals surface area contributed by atoms with Crippen molar-refractivity contribution in [1.82, 2.24) is 10.6 Å². The second-order valence-corrected chi connectivity index (χ2v) is 20.8. The Morgan fingerprint density at radius 3 is 2.09 bits per heavy atom. The number of ether oxygens (including phenoxy) is 1. The van der Waals surface area contributed by atoms with E-state index in [1.165, 1.54) is 19.8 Å². The number of carbonyl (C=O) groups is 4. The van der Waals surface area contributed by atoms with Gasteiger partial charge in [0.2, 0.25) is 11.8 Å². The normalized spacial score (nSPS) is 36.9. The van der Waals surface area contributed by atoms with Gasteiger partial charge in [0, 0.05) is 25.3 Å². The number of unbranched alkanes of at least 4 members (excludes halogenated alkanes) is 7. The van der Waals surface area contributed by atoms with E-state index in [0.29, 0.717) is 30.1 Å². The lowest BCUT2D eigenvalue weighted by Gasteiger charge is -2.71. The number of carbonyl (C=O) groups excluding carboxylic acids is 3. The smallest absolute Gasteiger partial charge is 0.325 e. The molecule has 0 aromatic carbocycles. The molecule has 0 saturated heterocycles. The highest BCUT2D eigenvalue weighted by molar-refractivity contribution is 5.84. The van der Waals surface area contributed by atoms with E-state index < -0.39 is 12.0 Å². The summed E-state index contributed by atoms with van der Waals surface area (Å²) in [6, 6.07) is -0.840. The summed E-state index contributed by atoms with van der Waals surface area (Å²) in [7, 11) is 0. The molecule has 0 aromatic rings. The van der Waals surface area contributed by atoms with Crippen molar-refractivity contribution in [3.05, 3.63) is 11.6 Å². The fraction of sp³-hybridized carbons (Fsp3) is 0.870. The van der Waals surface area contributed by atoms with Crippen LogP contribution in [0.15, 0.2) is 11.6 Å². The van der Waals surface area contributed by atoms with Crippen LogP contribution in [-0.2, 0) is 23.9 Å². The van der Waals surface area contributed by atoms with E-state index in [-0.39, 0.29) is 50.5 Å². The van der Waals surface area contributed by atoms with Gasteiger partial charge in [-0.1, -0.05) is 98.6 Å². The molecular formula is C46H76N2O6. The largest absolute Gasteiger partial charge is 0.480 e. The third kappa shape index (κ3) is 8.06. The van der Waals surface area contributed by atoms with Crippen LogP contribution in [0.5, 0.6) is 0 Å². The van der Waals surface area contributed by atoms with Crippen molar-refractivity contribution in [2.75, 3.05) is 6.54 Å². The van der Waals surface area contributed by atoms with Gasteiger partial charge in [0.15, 0.2) is 0 Å². The van der Waals surface area contributed by atoms with Crippen LogP contribution in [0.1, 0.15) is 184 Å². The van der Waals surface area contributed by atoms with Gasteiger partial charge in [0.25, 0.3) is 0 Å². The number of hydrogen-bond donors (Lipinski definition) is 3. The molecule has 0 bridgehead atoms. The molecule has 3 N–H and O–H groups in total. The highest BCUT2D eigenvalue weighted by Crippen LogP contribution is 2.75. The number of nitrogens with one attached hydrogen (secondary N) is 2. The molecule has 0 aliphatic heterocycles. The second-order valence-electron chi connectivity index (χ2n) is 20.8. The highest BCUT2D eigenvalue weighted by atomic mass is 16.5. The fourth-order valence-electron chi connectivity index (χ4n) is 13.3. The number of aliphatic carboxylic acids is 1. The van der Waals surface area contributed by atoms with Crippen LogP contribution in [0.2, 0.25) is 0 Å². The van der Waals surface area contributed by atoms with E-state index in [1.54, 1.807) is 12.5 Å². The number of rotatable bonds is 15. The van der Waals surface area contributed by atoms with Crippen molar-refractivity contribution in [1.29, 1.82) is 0 Å². The maximum atomic E-state index is 14.5. The summed E-state index contributed by atoms with van der Waals surface area (Å²) >= 11 is 0. The van der Waals surface area contributed by atoms with Gasteiger partial charge in [0.1, 0.15) is 12.1 Å². The number of allylic oxidation sites excluding steroid dienone is 2. The Morgan fingerprint density at radius 1 is 0.815 bits per heavy atom. The SMILES string of the molecule is CC(=O)O[C@H]1CC[C@]2(C)[C@H]3CC=C4[C@@H]5CC(C)(C)CC[C@]5(C(=O)NCCCCCCCCCCC(=O)N[C@@H](C)C(=O)O)CC[C@@]4(C)[C@]3(C)CC[C@H]2C1(C)C. The zero-order valence-corrected chi connectivity index (χ0v) is 35.6. The minimum atomic E-state index is -1.01. The minimum Gasteiger partial charge on any atom is -0.480 e. The molecular weight excluding hydrogens is 677 g/mol. The third-order valence-corrected chi connectivity index (χ3v) is 16.7. The summed E-state index contributed by atoms with van der Waals surface area (Å²) in [4.78, 5) is 49.3. The summed E-state index contributed by atoms with van der Waals surface area (Å²) in [6.07, 6.45) is 22.2. The molecule has 4 saturated carbocycles. The quantitative estimate of drug-likeness (QED) is 0.0870. The molecule has 0 heterocycles. The van der Waals surface area contributed by atoms with Gasteiger partial charge in [0.05, 0.1) is 5.41 Å². The van der Waals surface area contributed by atoms with Crippen LogP contribution < -0.4 is 10.6 Å². The van der Waals surface area contributed by atoms with Gasteiger partial charge < -0.3 is 20.5 Å². The molecule has 4 fully saturated rings. The number of hydrogen-bond acceptors (Lipinski definition) is 5. The van der Waals surface area contributed by atoms with Crippen LogP contribution in [0.4, 0.5) is 0 Å². The topological polar surface area (TPSA) is 122 Å². The zero-order valence-electron chi connectivity index (χ0n) is 35.6. The molecule has 2 amide bonds. The Hall–Kier alpha value is -2.38. The first-order valence-corrected chi connectivity index (χ1v) is 21.9. The van der Waals surface area contributed by atoms with Gasteiger partial charge in [-0.15, -0.1) is 0 Å². The molecule has 9 atom stereocenters. The van der Waals surface area contributed by atoms with Gasteiger partial charge in [-0.25, -0.2) is 0 Å². The van der Waals surface area contributed by atoms with Crippen molar-refractivity contribution in [3.63, 3.8) is 0 Å². The first-order chi connectivity index (χ1) is 25.2. The van der Waals surface area contributed by atoms with Gasteiger partial charge in [-0.3, -0.25) is 19.2 Å². The Morgan fingerprint density at radius 2 is 1.44 bits per heavy atom. The number of carboxylic acid groups (broad SMARTS) is 1. The Kier molecular flexibility index (Phi) is 12.9. The lowest BCUT2D eigenvalue weighted by atomic mass is 9.33. The molecule has 5 rings (SSSR count). The van der Waals surface area contributed by atoms with Crippen LogP contribution in [0, 0.1) is 50.2 Å². The Bertz CT molecular complexity index is 1440. The highest BCUT2D eigenvalue weighted by Gasteiger charge is 2.69. The van der Waals surface area contributed by atoms with Crippen LogP contribution in [0.25, 0.3) is 0 Å². The molecule has 0 spiro atoms. The van der Waals surface area contributed by atoms with E-state index in [4.69, 9.17) is 9.84 Å². The third-order valence-electron chi connectivity index (χ3n) is 16.7. The average molecular weight is 753 g/mol. The molecule has 5 aliphatic carbocycles. The first kappa shape index (κ1) is 42.8. The van der Waals surface area contributed by atoms with Crippen molar-refractivity contribution < 1.29 is 29.0 Å². The number of esters is 1. The predicted molar refractivity (Wildman–Crippen MR) is 214 cm³/mol. The summed E-state index contributed by atoms with van der Waals surface area (Å²) in [5, 5.41) is 14.9. The standard InChI is InChI=1S/C46H76N2O6/c1-31(39(51)52)48-38(50)18-16-14-12-10-11-13-15-17-29-47-40(53)46-27-25-41(3,4)30-34(46)33-19-20-36-43(7)23-22-37(54-32(2)49)42(5,6)35(43)21-24-45(36,9)44(33,8)26-28-46/h19,31,34-37H,10-18,20-30H2,1-9H3,(H,47,53)(H,48,50)(H,51,52)/t31-,34-,35-,36+,37-,43-,44+,45+,46-/m0/s1. The Labute approximate surface area is 327 Å². The maximum Gasteiger partial charge on any atom is 0.325 e. The molecule has 54 heavy (non-hydrogen) atoms. The lowest BCUT2D eigenvalue weighted by Crippen LogP contribution is -2.65. The molecule has 0 radical (unpaired) electrons. The molecule has 8 nitrogen and oxygen atoms in total. The van der Waals surface area contributed by atoms with Crippen LogP contribution in [0.3, 0.4) is 0 Å². The monoisotopic (exact) mass is 753 g/mol. The summed E-state index contributed by atoms with van der Waals surface area (Å²) in [5.41, 5.74) is 1.92. The van der Waals surface area contributed by atoms with Crippen molar-refractivity contribution in [2.45, 2.75) is 196 Å². The maximum absolute atomic E-state index is 14.5. The van der Waals surface area contributed by atoms with Gasteiger partial charge >= 0.3 is 11.9 Å². The fourth-order valence-corrected chi connectivity index (χ4v) is 13.3. The number of carboxylic acids is 1. The predicted octanol–water partition coefficient (Wildman–Crippen LogP) is 9.94. The molecule has 8 heteroatoms. The van der Waals surface area contributed by atoms with E-state index in [1.807, 2.05) is 0 Å². The minimum absolute atomic E-state index is 0.0116. The molecule has 306 valence electrons. The molecule has 0 aromatic heterocycles.